The summed E-state index contributed by atoms with van der Waals surface area (Å²) in [7, 11) is 0. The topological polar surface area (TPSA) is 85.3 Å². The van der Waals surface area contributed by atoms with Gasteiger partial charge in [-0.05, 0) is 25.0 Å². The van der Waals surface area contributed by atoms with E-state index in [-0.39, 0.29) is 42.3 Å². The van der Waals surface area contributed by atoms with E-state index in [1.807, 2.05) is 11.0 Å². The first-order valence-electron chi connectivity index (χ1n) is 10.7. The molecule has 3 aromatic rings. The summed E-state index contributed by atoms with van der Waals surface area (Å²) in [6.07, 6.45) is -3.06. The van der Waals surface area contributed by atoms with E-state index < -0.39 is 12.0 Å². The molecule has 2 saturated heterocycles. The van der Waals surface area contributed by atoms with Crippen LogP contribution in [-0.2, 0) is 10.9 Å². The molecule has 13 heteroatoms. The summed E-state index contributed by atoms with van der Waals surface area (Å²) < 4.78 is 48.2. The molecule has 34 heavy (non-hydrogen) atoms. The third-order valence-corrected chi connectivity index (χ3v) is 5.90. The van der Waals surface area contributed by atoms with E-state index in [1.165, 1.54) is 0 Å². The maximum Gasteiger partial charge on any atom is 0.450 e. The molecular weight excluding hydrogens is 494 g/mol. The van der Waals surface area contributed by atoms with Crippen molar-refractivity contribution >= 4 is 47.5 Å². The summed E-state index contributed by atoms with van der Waals surface area (Å²) in [6, 6.07) is 8.47. The molecule has 2 fully saturated rings. The Bertz CT molecular complexity index is 1110. The quantitative estimate of drug-likeness (QED) is 0.567. The summed E-state index contributed by atoms with van der Waals surface area (Å²) in [5, 5.41) is 0. The highest BCUT2D eigenvalue weighted by atomic mass is 35.5. The summed E-state index contributed by atoms with van der Waals surface area (Å²) in [5.41, 5.74) is 6.59. The van der Waals surface area contributed by atoms with Gasteiger partial charge in [-0.1, -0.05) is 12.1 Å². The van der Waals surface area contributed by atoms with Gasteiger partial charge in [-0.3, -0.25) is 4.57 Å². The van der Waals surface area contributed by atoms with E-state index in [2.05, 4.69) is 19.9 Å². The van der Waals surface area contributed by atoms with Crippen LogP contribution in [0.3, 0.4) is 0 Å². The van der Waals surface area contributed by atoms with E-state index in [9.17, 15) is 13.2 Å². The fraction of sp³-hybridized carbons (Fsp3) is 0.476. The molecule has 5 rings (SSSR count). The minimum absolute atomic E-state index is 0. The van der Waals surface area contributed by atoms with Gasteiger partial charge in [-0.15, -0.1) is 24.8 Å². The van der Waals surface area contributed by atoms with E-state index in [1.54, 1.807) is 24.3 Å². The Morgan fingerprint density at radius 1 is 0.882 bits per heavy atom. The highest BCUT2D eigenvalue weighted by Crippen LogP contribution is 2.34. The molecule has 186 valence electrons. The molecular formula is C21H26Cl2F3N7O. The van der Waals surface area contributed by atoms with Gasteiger partial charge in [-0.25, -0.2) is 4.98 Å². The molecule has 8 nitrogen and oxygen atoms in total. The Kier molecular flexibility index (Phi) is 8.12. The number of piperidine rings is 1. The number of morpholine rings is 1. The molecule has 1 aromatic carbocycles. The monoisotopic (exact) mass is 519 g/mol. The molecule has 0 spiro atoms. The minimum Gasteiger partial charge on any atom is -0.378 e. The van der Waals surface area contributed by atoms with Crippen LogP contribution in [0, 0.1) is 0 Å². The van der Waals surface area contributed by atoms with Crippen LogP contribution in [0.4, 0.5) is 24.8 Å². The van der Waals surface area contributed by atoms with Crippen LogP contribution in [0.1, 0.15) is 18.7 Å². The lowest BCUT2D eigenvalue weighted by Crippen LogP contribution is -2.41. The average Bonchev–Trinajstić information content (AvgIpc) is 3.20. The number of aromatic nitrogens is 4. The van der Waals surface area contributed by atoms with E-state index in [0.29, 0.717) is 56.5 Å². The Hall–Kier alpha value is -2.34. The summed E-state index contributed by atoms with van der Waals surface area (Å²) in [5.74, 6) is 0.0905. The van der Waals surface area contributed by atoms with Crippen LogP contribution in [0.15, 0.2) is 30.3 Å². The second-order valence-electron chi connectivity index (χ2n) is 8.07. The molecule has 0 atom stereocenters. The fourth-order valence-corrected chi connectivity index (χ4v) is 4.17. The first-order valence-corrected chi connectivity index (χ1v) is 10.7. The number of anilines is 2. The summed E-state index contributed by atoms with van der Waals surface area (Å²) >= 11 is 0. The number of nitrogens with two attached hydrogens (primary N) is 1. The van der Waals surface area contributed by atoms with E-state index in [4.69, 9.17) is 10.5 Å². The molecule has 0 amide bonds. The van der Waals surface area contributed by atoms with Crippen molar-refractivity contribution in [3.05, 3.63) is 36.2 Å². The third-order valence-electron chi connectivity index (χ3n) is 5.90. The first kappa shape index (κ1) is 26.3. The third kappa shape index (κ3) is 5.17. The van der Waals surface area contributed by atoms with Gasteiger partial charge in [0.05, 0.1) is 24.2 Å². The van der Waals surface area contributed by atoms with Crippen molar-refractivity contribution in [3.8, 4) is 5.95 Å². The van der Waals surface area contributed by atoms with Crippen LogP contribution < -0.4 is 15.5 Å². The molecule has 0 radical (unpaired) electrons. The van der Waals surface area contributed by atoms with Crippen LogP contribution >= 0.6 is 24.8 Å². The predicted octanol–water partition coefficient (Wildman–Crippen LogP) is 3.44. The van der Waals surface area contributed by atoms with Gasteiger partial charge in [0.25, 0.3) is 0 Å². The number of fused-ring (bicyclic) bond motifs is 1. The van der Waals surface area contributed by atoms with Crippen molar-refractivity contribution in [2.24, 2.45) is 5.73 Å². The smallest absolute Gasteiger partial charge is 0.378 e. The Morgan fingerprint density at radius 3 is 2.09 bits per heavy atom. The molecule has 0 aliphatic carbocycles. The fourth-order valence-electron chi connectivity index (χ4n) is 4.17. The van der Waals surface area contributed by atoms with E-state index in [0.717, 1.165) is 17.4 Å². The molecule has 2 aliphatic rings. The van der Waals surface area contributed by atoms with Crippen LogP contribution in [-0.4, -0.2) is 65.0 Å². The number of alkyl halides is 3. The standard InChI is InChI=1S/C21H24F3N7O.2ClH/c22-21(23,24)19-26-15-3-1-2-4-16(15)31(19)20-27-17(29-7-5-14(25)6-8-29)13-18(28-20)30-9-11-32-12-10-30;;/h1-4,13-14H,5-12,25H2;2*1H. The van der Waals surface area contributed by atoms with Gasteiger partial charge >= 0.3 is 6.18 Å². The van der Waals surface area contributed by atoms with Gasteiger partial charge in [0.2, 0.25) is 11.8 Å². The number of para-hydroxylation sites is 2. The SMILES string of the molecule is Cl.Cl.NC1CCN(c2cc(N3CCOCC3)nc(-n3c(C(F)(F)F)nc4ccccc43)n2)CC1. The van der Waals surface area contributed by atoms with Gasteiger partial charge in [0, 0.05) is 38.3 Å². The zero-order valence-corrected chi connectivity index (χ0v) is 19.9. The van der Waals surface area contributed by atoms with Gasteiger partial charge in [0.15, 0.2) is 0 Å². The van der Waals surface area contributed by atoms with Gasteiger partial charge in [-0.2, -0.15) is 23.1 Å². The molecule has 0 saturated carbocycles. The van der Waals surface area contributed by atoms with Crippen LogP contribution in [0.25, 0.3) is 17.0 Å². The van der Waals surface area contributed by atoms with Crippen molar-refractivity contribution in [1.82, 2.24) is 19.5 Å². The normalized spacial score (nSPS) is 17.4. The van der Waals surface area contributed by atoms with Crippen molar-refractivity contribution in [1.29, 1.82) is 0 Å². The largest absolute Gasteiger partial charge is 0.450 e. The maximum atomic E-state index is 13.9. The Morgan fingerprint density at radius 2 is 1.47 bits per heavy atom. The Balaban J connectivity index is 0.00000162. The van der Waals surface area contributed by atoms with Gasteiger partial charge in [0.1, 0.15) is 11.6 Å². The Labute approximate surface area is 207 Å². The molecule has 0 bridgehead atoms. The second-order valence-corrected chi connectivity index (χ2v) is 8.07. The summed E-state index contributed by atoms with van der Waals surface area (Å²) in [6.45, 7) is 3.67. The average molecular weight is 520 g/mol. The molecule has 2 aromatic heterocycles. The number of hydrogen-bond acceptors (Lipinski definition) is 7. The highest BCUT2D eigenvalue weighted by Gasteiger charge is 2.39. The number of halogens is 5. The minimum atomic E-state index is -4.66. The van der Waals surface area contributed by atoms with Gasteiger partial charge < -0.3 is 20.3 Å². The van der Waals surface area contributed by atoms with Crippen molar-refractivity contribution in [2.75, 3.05) is 49.2 Å². The number of hydrogen-bond donors (Lipinski definition) is 1. The lowest BCUT2D eigenvalue weighted by Gasteiger charge is -2.33. The van der Waals surface area contributed by atoms with Crippen molar-refractivity contribution < 1.29 is 17.9 Å². The van der Waals surface area contributed by atoms with E-state index >= 15 is 0 Å². The lowest BCUT2D eigenvalue weighted by molar-refractivity contribution is -0.145. The second kappa shape index (κ2) is 10.5. The zero-order valence-electron chi connectivity index (χ0n) is 18.2. The molecule has 4 heterocycles. The lowest BCUT2D eigenvalue weighted by atomic mass is 10.1. The number of ether oxygens (including phenoxy) is 1. The molecule has 2 aliphatic heterocycles. The van der Waals surface area contributed by atoms with Crippen molar-refractivity contribution in [2.45, 2.75) is 25.1 Å². The number of imidazole rings is 1. The highest BCUT2D eigenvalue weighted by molar-refractivity contribution is 5.85. The zero-order chi connectivity index (χ0) is 22.3. The first-order chi connectivity index (χ1) is 15.4. The maximum absolute atomic E-state index is 13.9. The van der Waals surface area contributed by atoms with Crippen LogP contribution in [0.5, 0.6) is 0 Å². The molecule has 2 N–H and O–H groups in total. The van der Waals surface area contributed by atoms with Crippen LogP contribution in [0.2, 0.25) is 0 Å². The number of benzene rings is 1. The predicted molar refractivity (Wildman–Crippen MR) is 129 cm³/mol. The molecule has 0 unspecified atom stereocenters. The summed E-state index contributed by atoms with van der Waals surface area (Å²) in [4.78, 5) is 17.1. The number of rotatable bonds is 3. The van der Waals surface area contributed by atoms with Crippen molar-refractivity contribution in [3.63, 3.8) is 0 Å². The number of nitrogens with zero attached hydrogens (tertiary/aromatic N) is 6.